The molecule has 1 unspecified atom stereocenters. The maximum absolute atomic E-state index is 2.33. The first kappa shape index (κ1) is 14.3. The molecule has 0 saturated heterocycles. The van der Waals surface area contributed by atoms with E-state index < -0.39 is 0 Å². The molecule has 0 N–H and O–H groups in total. The van der Waals surface area contributed by atoms with Crippen LogP contribution in [0.3, 0.4) is 0 Å². The fourth-order valence-corrected chi connectivity index (χ4v) is 2.38. The molecule has 1 aromatic rings. The Kier molecular flexibility index (Phi) is 7.00. The summed E-state index contributed by atoms with van der Waals surface area (Å²) >= 11 is 0. The van der Waals surface area contributed by atoms with Crippen LogP contribution in [-0.2, 0) is 12.8 Å². The van der Waals surface area contributed by atoms with Crippen LogP contribution in [0, 0.1) is 5.92 Å². The Morgan fingerprint density at radius 2 is 1.53 bits per heavy atom. The van der Waals surface area contributed by atoms with Crippen molar-refractivity contribution >= 4 is 0 Å². The molecule has 0 amide bonds. The van der Waals surface area contributed by atoms with Gasteiger partial charge < -0.3 is 0 Å². The third-order valence-corrected chi connectivity index (χ3v) is 3.75. The first-order chi connectivity index (χ1) is 8.30. The topological polar surface area (TPSA) is 0 Å². The molecule has 0 radical (unpaired) electrons. The predicted molar refractivity (Wildman–Crippen MR) is 77.4 cm³/mol. The van der Waals surface area contributed by atoms with Crippen molar-refractivity contribution in [3.63, 3.8) is 0 Å². The largest absolute Gasteiger partial charge is 0.0654 e. The normalized spacial score (nSPS) is 12.6. The van der Waals surface area contributed by atoms with Crippen molar-refractivity contribution in [2.24, 2.45) is 5.92 Å². The fraction of sp³-hybridized carbons (Fsp3) is 0.647. The lowest BCUT2D eigenvalue weighted by Gasteiger charge is -2.14. The van der Waals surface area contributed by atoms with Crippen LogP contribution in [0.1, 0.15) is 64.0 Å². The number of hydrogen-bond donors (Lipinski definition) is 0. The second kappa shape index (κ2) is 8.33. The highest BCUT2D eigenvalue weighted by atomic mass is 14.1. The molecule has 0 heterocycles. The minimum Gasteiger partial charge on any atom is -0.0654 e. The molecule has 0 heteroatoms. The van der Waals surface area contributed by atoms with Crippen LogP contribution in [-0.4, -0.2) is 0 Å². The van der Waals surface area contributed by atoms with Crippen LogP contribution in [0.5, 0.6) is 0 Å². The second-order valence-electron chi connectivity index (χ2n) is 5.14. The van der Waals surface area contributed by atoms with Gasteiger partial charge >= 0.3 is 0 Å². The molecule has 0 spiro atoms. The molecule has 0 fully saturated rings. The lowest BCUT2D eigenvalue weighted by molar-refractivity contribution is 0.442. The molecule has 0 bridgehead atoms. The fourth-order valence-electron chi connectivity index (χ4n) is 2.38. The van der Waals surface area contributed by atoms with Crippen LogP contribution in [0.2, 0.25) is 0 Å². The molecule has 0 nitrogen and oxygen atoms in total. The van der Waals surface area contributed by atoms with Gasteiger partial charge in [0.1, 0.15) is 0 Å². The van der Waals surface area contributed by atoms with Gasteiger partial charge in [-0.3, -0.25) is 0 Å². The molecule has 0 aromatic heterocycles. The van der Waals surface area contributed by atoms with Crippen molar-refractivity contribution in [1.82, 2.24) is 0 Å². The van der Waals surface area contributed by atoms with E-state index in [0.29, 0.717) is 0 Å². The number of benzene rings is 1. The molecular formula is C17H28. The van der Waals surface area contributed by atoms with Gasteiger partial charge in [0.15, 0.2) is 0 Å². The standard InChI is InChI=1S/C17H28/c1-4-7-8-9-16(6-3)14-17-12-10-15(5-2)11-13-17/h10-13,16H,4-9,14H2,1-3H3. The van der Waals surface area contributed by atoms with E-state index in [-0.39, 0.29) is 0 Å². The van der Waals surface area contributed by atoms with Crippen LogP contribution in [0.15, 0.2) is 24.3 Å². The van der Waals surface area contributed by atoms with E-state index in [9.17, 15) is 0 Å². The Balaban J connectivity index is 2.43. The quantitative estimate of drug-likeness (QED) is 0.527. The van der Waals surface area contributed by atoms with E-state index in [1.54, 1.807) is 0 Å². The van der Waals surface area contributed by atoms with Crippen LogP contribution >= 0.6 is 0 Å². The van der Waals surface area contributed by atoms with Crippen LogP contribution < -0.4 is 0 Å². The molecule has 1 atom stereocenters. The monoisotopic (exact) mass is 232 g/mol. The summed E-state index contributed by atoms with van der Waals surface area (Å²) in [5, 5.41) is 0. The van der Waals surface area contributed by atoms with Crippen molar-refractivity contribution < 1.29 is 0 Å². The van der Waals surface area contributed by atoms with Gasteiger partial charge in [-0.05, 0) is 29.9 Å². The lowest BCUT2D eigenvalue weighted by atomic mass is 9.91. The maximum atomic E-state index is 2.33. The number of aryl methyl sites for hydroxylation is 1. The molecular weight excluding hydrogens is 204 g/mol. The van der Waals surface area contributed by atoms with Crippen molar-refractivity contribution in [3.05, 3.63) is 35.4 Å². The van der Waals surface area contributed by atoms with Gasteiger partial charge in [-0.2, -0.15) is 0 Å². The summed E-state index contributed by atoms with van der Waals surface area (Å²) in [6.45, 7) is 6.83. The van der Waals surface area contributed by atoms with E-state index in [1.165, 1.54) is 49.7 Å². The zero-order valence-electron chi connectivity index (χ0n) is 11.8. The summed E-state index contributed by atoms with van der Waals surface area (Å²) in [5.74, 6) is 0.883. The summed E-state index contributed by atoms with van der Waals surface area (Å²) in [6.07, 6.45) is 9.27. The second-order valence-corrected chi connectivity index (χ2v) is 5.14. The molecule has 0 aliphatic rings. The average Bonchev–Trinajstić information content (AvgIpc) is 2.38. The minimum absolute atomic E-state index is 0.883. The predicted octanol–water partition coefficient (Wildman–Crippen LogP) is 5.40. The molecule has 96 valence electrons. The summed E-state index contributed by atoms with van der Waals surface area (Å²) in [6, 6.07) is 9.21. The molecule has 0 aliphatic heterocycles. The van der Waals surface area contributed by atoms with Gasteiger partial charge in [-0.25, -0.2) is 0 Å². The van der Waals surface area contributed by atoms with E-state index in [0.717, 1.165) is 12.3 Å². The van der Waals surface area contributed by atoms with Gasteiger partial charge in [0.25, 0.3) is 0 Å². The van der Waals surface area contributed by atoms with Gasteiger partial charge in [0.05, 0.1) is 0 Å². The summed E-state index contributed by atoms with van der Waals surface area (Å²) < 4.78 is 0. The number of rotatable bonds is 8. The highest BCUT2D eigenvalue weighted by Crippen LogP contribution is 2.19. The van der Waals surface area contributed by atoms with Gasteiger partial charge in [0, 0.05) is 0 Å². The zero-order chi connectivity index (χ0) is 12.5. The van der Waals surface area contributed by atoms with E-state index in [4.69, 9.17) is 0 Å². The van der Waals surface area contributed by atoms with Crippen LogP contribution in [0.25, 0.3) is 0 Å². The first-order valence-electron chi connectivity index (χ1n) is 7.37. The minimum atomic E-state index is 0.883. The Bertz CT molecular complexity index is 283. The van der Waals surface area contributed by atoms with E-state index in [1.807, 2.05) is 0 Å². The molecule has 1 aromatic carbocycles. The first-order valence-corrected chi connectivity index (χ1v) is 7.37. The smallest absolute Gasteiger partial charge is 0.0250 e. The third kappa shape index (κ3) is 5.39. The lowest BCUT2D eigenvalue weighted by Crippen LogP contribution is -2.03. The molecule has 17 heavy (non-hydrogen) atoms. The number of hydrogen-bond acceptors (Lipinski definition) is 0. The number of unbranched alkanes of at least 4 members (excludes halogenated alkanes) is 2. The van der Waals surface area contributed by atoms with Gasteiger partial charge in [0.2, 0.25) is 0 Å². The maximum Gasteiger partial charge on any atom is -0.0250 e. The van der Waals surface area contributed by atoms with Crippen LogP contribution in [0.4, 0.5) is 0 Å². The summed E-state index contributed by atoms with van der Waals surface area (Å²) in [4.78, 5) is 0. The molecule has 0 aliphatic carbocycles. The Morgan fingerprint density at radius 1 is 0.882 bits per heavy atom. The summed E-state index contributed by atoms with van der Waals surface area (Å²) in [7, 11) is 0. The highest BCUT2D eigenvalue weighted by molar-refractivity contribution is 5.22. The third-order valence-electron chi connectivity index (χ3n) is 3.75. The zero-order valence-corrected chi connectivity index (χ0v) is 11.8. The highest BCUT2D eigenvalue weighted by Gasteiger charge is 2.07. The Morgan fingerprint density at radius 3 is 2.06 bits per heavy atom. The summed E-state index contributed by atoms with van der Waals surface area (Å²) in [5.41, 5.74) is 2.97. The Hall–Kier alpha value is -0.780. The molecule has 1 rings (SSSR count). The van der Waals surface area contributed by atoms with E-state index in [2.05, 4.69) is 45.0 Å². The Labute approximate surface area is 107 Å². The van der Waals surface area contributed by atoms with Crippen molar-refractivity contribution in [2.75, 3.05) is 0 Å². The van der Waals surface area contributed by atoms with Crippen molar-refractivity contribution in [3.8, 4) is 0 Å². The van der Waals surface area contributed by atoms with Gasteiger partial charge in [-0.15, -0.1) is 0 Å². The molecule has 0 saturated carbocycles. The van der Waals surface area contributed by atoms with Crippen molar-refractivity contribution in [2.45, 2.75) is 65.7 Å². The average molecular weight is 232 g/mol. The van der Waals surface area contributed by atoms with Gasteiger partial charge in [-0.1, -0.05) is 77.1 Å². The SMILES string of the molecule is CCCCCC(CC)Cc1ccc(CC)cc1. The van der Waals surface area contributed by atoms with E-state index >= 15 is 0 Å². The van der Waals surface area contributed by atoms with Crippen molar-refractivity contribution in [1.29, 1.82) is 0 Å².